The first-order valence-electron chi connectivity index (χ1n) is 4.72. The molecule has 1 aromatic heterocycles. The Labute approximate surface area is 87.9 Å². The van der Waals surface area contributed by atoms with Gasteiger partial charge in [0.05, 0.1) is 0 Å². The van der Waals surface area contributed by atoms with Crippen molar-refractivity contribution in [2.75, 3.05) is 6.61 Å². The average Bonchev–Trinajstić information content (AvgIpc) is 2.53. The third kappa shape index (κ3) is 1.55. The molecule has 0 atom stereocenters. The van der Waals surface area contributed by atoms with E-state index in [1.165, 1.54) is 0 Å². The summed E-state index contributed by atoms with van der Waals surface area (Å²) < 4.78 is 10.9. The molecule has 2 rings (SSSR count). The molecule has 0 saturated carbocycles. The molecule has 15 heavy (non-hydrogen) atoms. The van der Waals surface area contributed by atoms with Crippen LogP contribution in [0.3, 0.4) is 0 Å². The van der Waals surface area contributed by atoms with Crippen molar-refractivity contribution in [2.45, 2.75) is 13.8 Å². The number of hydrogen-bond donors (Lipinski definition) is 0. The summed E-state index contributed by atoms with van der Waals surface area (Å²) in [6, 6.07) is 7.63. The third-order valence-corrected chi connectivity index (χ3v) is 2.46. The molecular weight excluding hydrogens is 190 g/mol. The Morgan fingerprint density at radius 2 is 2.20 bits per heavy atom. The van der Waals surface area contributed by atoms with E-state index >= 15 is 0 Å². The van der Waals surface area contributed by atoms with Crippen molar-refractivity contribution in [3.8, 4) is 11.8 Å². The van der Waals surface area contributed by atoms with Crippen LogP contribution in [0, 0.1) is 25.2 Å². The van der Waals surface area contributed by atoms with Gasteiger partial charge in [0.1, 0.15) is 11.8 Å². The van der Waals surface area contributed by atoms with Crippen LogP contribution < -0.4 is 4.74 Å². The Kier molecular flexibility index (Phi) is 2.34. The number of benzene rings is 1. The van der Waals surface area contributed by atoms with Gasteiger partial charge in [-0.2, -0.15) is 5.26 Å². The summed E-state index contributed by atoms with van der Waals surface area (Å²) in [5.74, 6) is 1.52. The van der Waals surface area contributed by atoms with E-state index < -0.39 is 0 Å². The molecule has 0 aliphatic carbocycles. The lowest BCUT2D eigenvalue weighted by atomic mass is 10.1. The lowest BCUT2D eigenvalue weighted by molar-refractivity contribution is 0.365. The Balaban J connectivity index is 2.57. The maximum absolute atomic E-state index is 8.45. The van der Waals surface area contributed by atoms with E-state index in [1.54, 1.807) is 0 Å². The minimum absolute atomic E-state index is 0.0396. The summed E-state index contributed by atoms with van der Waals surface area (Å²) in [6.07, 6.45) is 0. The van der Waals surface area contributed by atoms with Crippen LogP contribution >= 0.6 is 0 Å². The molecule has 0 unspecified atom stereocenters. The lowest BCUT2D eigenvalue weighted by Gasteiger charge is -2.01. The van der Waals surface area contributed by atoms with Crippen molar-refractivity contribution in [3.63, 3.8) is 0 Å². The topological polar surface area (TPSA) is 46.2 Å². The molecule has 0 aliphatic rings. The molecule has 76 valence electrons. The fourth-order valence-corrected chi connectivity index (χ4v) is 1.56. The van der Waals surface area contributed by atoms with Gasteiger partial charge in [-0.15, -0.1) is 0 Å². The minimum Gasteiger partial charge on any atom is -0.475 e. The van der Waals surface area contributed by atoms with E-state index in [1.807, 2.05) is 38.1 Å². The van der Waals surface area contributed by atoms with Gasteiger partial charge < -0.3 is 9.15 Å². The zero-order valence-electron chi connectivity index (χ0n) is 8.70. The van der Waals surface area contributed by atoms with E-state index in [4.69, 9.17) is 14.4 Å². The van der Waals surface area contributed by atoms with Crippen LogP contribution in [0.5, 0.6) is 5.75 Å². The highest BCUT2D eigenvalue weighted by Crippen LogP contribution is 2.31. The van der Waals surface area contributed by atoms with Crippen LogP contribution in [0.25, 0.3) is 11.0 Å². The zero-order chi connectivity index (χ0) is 10.8. The predicted octanol–water partition coefficient (Wildman–Crippen LogP) is 2.95. The number of para-hydroxylation sites is 1. The van der Waals surface area contributed by atoms with Gasteiger partial charge in [0.25, 0.3) is 0 Å². The predicted molar refractivity (Wildman–Crippen MR) is 56.8 cm³/mol. The zero-order valence-corrected chi connectivity index (χ0v) is 8.70. The van der Waals surface area contributed by atoms with Gasteiger partial charge in [0.15, 0.2) is 17.9 Å². The first kappa shape index (κ1) is 9.60. The van der Waals surface area contributed by atoms with Crippen molar-refractivity contribution in [1.82, 2.24) is 0 Å². The van der Waals surface area contributed by atoms with Gasteiger partial charge in [0.2, 0.25) is 0 Å². The second-order valence-corrected chi connectivity index (χ2v) is 3.36. The second kappa shape index (κ2) is 3.66. The van der Waals surface area contributed by atoms with Crippen molar-refractivity contribution in [3.05, 3.63) is 29.5 Å². The molecule has 0 bridgehead atoms. The highest BCUT2D eigenvalue weighted by Gasteiger charge is 2.10. The molecule has 0 amide bonds. The summed E-state index contributed by atoms with van der Waals surface area (Å²) in [5, 5.41) is 9.50. The van der Waals surface area contributed by atoms with Crippen LogP contribution in [-0.4, -0.2) is 6.61 Å². The molecule has 0 fully saturated rings. The summed E-state index contributed by atoms with van der Waals surface area (Å²) in [5.41, 5.74) is 1.84. The molecule has 0 radical (unpaired) electrons. The van der Waals surface area contributed by atoms with E-state index in [9.17, 15) is 0 Å². The Morgan fingerprint density at radius 3 is 2.93 bits per heavy atom. The van der Waals surface area contributed by atoms with Gasteiger partial charge in [-0.05, 0) is 25.5 Å². The second-order valence-electron chi connectivity index (χ2n) is 3.36. The van der Waals surface area contributed by atoms with Gasteiger partial charge in [-0.3, -0.25) is 0 Å². The van der Waals surface area contributed by atoms with Crippen molar-refractivity contribution >= 4 is 11.0 Å². The highest BCUT2D eigenvalue weighted by molar-refractivity contribution is 5.86. The fraction of sp³-hybridized carbons (Fsp3) is 0.250. The summed E-state index contributed by atoms with van der Waals surface area (Å²) in [4.78, 5) is 0. The molecule has 0 spiro atoms. The average molecular weight is 201 g/mol. The Bertz CT molecular complexity index is 534. The summed E-state index contributed by atoms with van der Waals surface area (Å²) in [6.45, 7) is 3.97. The molecule has 1 heterocycles. The number of hydrogen-bond acceptors (Lipinski definition) is 3. The van der Waals surface area contributed by atoms with E-state index in [2.05, 4.69) is 0 Å². The van der Waals surface area contributed by atoms with Gasteiger partial charge in [-0.25, -0.2) is 0 Å². The monoisotopic (exact) mass is 201 g/mol. The number of fused-ring (bicyclic) bond motifs is 1. The van der Waals surface area contributed by atoms with Gasteiger partial charge in [0, 0.05) is 5.39 Å². The lowest BCUT2D eigenvalue weighted by Crippen LogP contribution is -1.93. The van der Waals surface area contributed by atoms with Crippen LogP contribution in [0.15, 0.2) is 22.6 Å². The molecule has 2 aromatic rings. The summed E-state index contributed by atoms with van der Waals surface area (Å²) >= 11 is 0. The number of ether oxygens (including phenoxy) is 1. The van der Waals surface area contributed by atoms with Crippen LogP contribution in [0.4, 0.5) is 0 Å². The van der Waals surface area contributed by atoms with Crippen LogP contribution in [0.1, 0.15) is 11.3 Å². The first-order valence-corrected chi connectivity index (χ1v) is 4.72. The van der Waals surface area contributed by atoms with Gasteiger partial charge >= 0.3 is 0 Å². The fourth-order valence-electron chi connectivity index (χ4n) is 1.56. The van der Waals surface area contributed by atoms with Crippen molar-refractivity contribution < 1.29 is 9.15 Å². The molecule has 0 saturated heterocycles. The van der Waals surface area contributed by atoms with E-state index in [0.717, 1.165) is 22.3 Å². The molecule has 0 aliphatic heterocycles. The molecule has 3 heteroatoms. The smallest absolute Gasteiger partial charge is 0.176 e. The Morgan fingerprint density at radius 1 is 1.40 bits per heavy atom. The SMILES string of the molecule is Cc1oc2c(OCC#N)cccc2c1C. The normalized spacial score (nSPS) is 10.2. The number of furan rings is 1. The summed E-state index contributed by atoms with van der Waals surface area (Å²) in [7, 11) is 0. The quantitative estimate of drug-likeness (QED) is 0.750. The number of nitrogens with zero attached hydrogens (tertiary/aromatic N) is 1. The van der Waals surface area contributed by atoms with Crippen molar-refractivity contribution in [1.29, 1.82) is 5.26 Å². The Hall–Kier alpha value is -1.95. The van der Waals surface area contributed by atoms with E-state index in [0.29, 0.717) is 5.75 Å². The van der Waals surface area contributed by atoms with Crippen molar-refractivity contribution in [2.24, 2.45) is 0 Å². The molecule has 3 nitrogen and oxygen atoms in total. The number of aryl methyl sites for hydroxylation is 2. The molecule has 0 N–H and O–H groups in total. The standard InChI is InChI=1S/C12H11NO2/c1-8-9(2)15-12-10(8)4-3-5-11(12)14-7-6-13/h3-5H,7H2,1-2H3. The number of nitriles is 1. The minimum atomic E-state index is 0.0396. The maximum Gasteiger partial charge on any atom is 0.176 e. The van der Waals surface area contributed by atoms with Gasteiger partial charge in [-0.1, -0.05) is 12.1 Å². The van der Waals surface area contributed by atoms with Crippen LogP contribution in [-0.2, 0) is 0 Å². The highest BCUT2D eigenvalue weighted by atomic mass is 16.5. The van der Waals surface area contributed by atoms with Crippen LogP contribution in [0.2, 0.25) is 0 Å². The van der Waals surface area contributed by atoms with E-state index in [-0.39, 0.29) is 6.61 Å². The third-order valence-electron chi connectivity index (χ3n) is 2.46. The maximum atomic E-state index is 8.45. The molecular formula is C12H11NO2. The largest absolute Gasteiger partial charge is 0.475 e. The number of rotatable bonds is 2. The molecule has 1 aromatic carbocycles. The first-order chi connectivity index (χ1) is 7.24.